The fourth-order valence-corrected chi connectivity index (χ4v) is 4.12. The van der Waals surface area contributed by atoms with Gasteiger partial charge in [-0.15, -0.1) is 0 Å². The minimum atomic E-state index is -1.43. The molecule has 0 heterocycles. The van der Waals surface area contributed by atoms with Crippen molar-refractivity contribution in [2.24, 2.45) is 0 Å². The van der Waals surface area contributed by atoms with Crippen molar-refractivity contribution in [2.45, 2.75) is 18.4 Å². The lowest BCUT2D eigenvalue weighted by Crippen LogP contribution is -2.43. The SMILES string of the molecule is COc1cc(F)c(F)cc1CC(NC(=O)OCC1c2ccccc2-c2ccccc21)C(=O)O. The summed E-state index contributed by atoms with van der Waals surface area (Å²) in [6, 6.07) is 15.9. The Hall–Kier alpha value is -3.94. The summed E-state index contributed by atoms with van der Waals surface area (Å²) in [6.07, 6.45) is -1.24. The summed E-state index contributed by atoms with van der Waals surface area (Å²) in [7, 11) is 1.25. The predicted molar refractivity (Wildman–Crippen MR) is 116 cm³/mol. The Morgan fingerprint density at radius 3 is 2.15 bits per heavy atom. The summed E-state index contributed by atoms with van der Waals surface area (Å²) < 4.78 is 37.5. The molecule has 0 fully saturated rings. The Balaban J connectivity index is 1.46. The third kappa shape index (κ3) is 4.50. The molecule has 0 saturated carbocycles. The molecule has 0 spiro atoms. The molecule has 8 heteroatoms. The summed E-state index contributed by atoms with van der Waals surface area (Å²) in [4.78, 5) is 24.1. The van der Waals surface area contributed by atoms with Gasteiger partial charge < -0.3 is 19.9 Å². The van der Waals surface area contributed by atoms with Gasteiger partial charge in [0, 0.05) is 18.4 Å². The van der Waals surface area contributed by atoms with Gasteiger partial charge in [0.1, 0.15) is 18.4 Å². The van der Waals surface area contributed by atoms with Crippen molar-refractivity contribution in [3.8, 4) is 16.9 Å². The third-order valence-electron chi connectivity index (χ3n) is 5.68. The van der Waals surface area contributed by atoms with Gasteiger partial charge in [-0.25, -0.2) is 18.4 Å². The summed E-state index contributed by atoms with van der Waals surface area (Å²) in [5.74, 6) is -3.81. The van der Waals surface area contributed by atoms with Gasteiger partial charge in [-0.2, -0.15) is 0 Å². The van der Waals surface area contributed by atoms with E-state index in [1.165, 1.54) is 7.11 Å². The number of benzene rings is 3. The van der Waals surface area contributed by atoms with Crippen LogP contribution in [-0.4, -0.2) is 36.9 Å². The van der Waals surface area contributed by atoms with Crippen molar-refractivity contribution in [1.29, 1.82) is 0 Å². The fraction of sp³-hybridized carbons (Fsp3) is 0.200. The lowest BCUT2D eigenvalue weighted by atomic mass is 9.98. The van der Waals surface area contributed by atoms with Crippen LogP contribution in [0.2, 0.25) is 0 Å². The van der Waals surface area contributed by atoms with Gasteiger partial charge in [0.05, 0.1) is 7.11 Å². The molecule has 2 N–H and O–H groups in total. The minimum absolute atomic E-state index is 0.0146. The van der Waals surface area contributed by atoms with E-state index >= 15 is 0 Å². The Morgan fingerprint density at radius 2 is 1.58 bits per heavy atom. The smallest absolute Gasteiger partial charge is 0.407 e. The number of carbonyl (C=O) groups excluding carboxylic acids is 1. The lowest BCUT2D eigenvalue weighted by molar-refractivity contribution is -0.139. The van der Waals surface area contributed by atoms with E-state index < -0.39 is 29.7 Å². The first-order chi connectivity index (χ1) is 15.9. The first kappa shape index (κ1) is 22.3. The summed E-state index contributed by atoms with van der Waals surface area (Å²) in [5.41, 5.74) is 4.27. The minimum Gasteiger partial charge on any atom is -0.496 e. The molecule has 0 saturated heterocycles. The van der Waals surface area contributed by atoms with E-state index in [-0.39, 0.29) is 30.3 Å². The maximum Gasteiger partial charge on any atom is 0.407 e. The topological polar surface area (TPSA) is 84.9 Å². The number of alkyl carbamates (subject to hydrolysis) is 1. The van der Waals surface area contributed by atoms with E-state index in [0.717, 1.165) is 34.4 Å². The molecule has 0 aliphatic heterocycles. The summed E-state index contributed by atoms with van der Waals surface area (Å²) >= 11 is 0. The number of rotatable bonds is 7. The Labute approximate surface area is 188 Å². The molecule has 3 aromatic carbocycles. The second-order valence-corrected chi connectivity index (χ2v) is 7.64. The van der Waals surface area contributed by atoms with Crippen molar-refractivity contribution in [1.82, 2.24) is 5.32 Å². The number of carboxylic acids is 1. The molecule has 0 bridgehead atoms. The van der Waals surface area contributed by atoms with E-state index in [0.29, 0.717) is 0 Å². The number of ether oxygens (including phenoxy) is 2. The standard InChI is InChI=1S/C25H21F2NO5/c1-32-23-12-21(27)20(26)10-14(23)11-22(24(29)30)28-25(31)33-13-19-17-8-4-2-6-15(17)16-7-3-5-9-18(16)19/h2-10,12,19,22H,11,13H2,1H3,(H,28,31)(H,29,30). The molecule has 170 valence electrons. The summed E-state index contributed by atoms with van der Waals surface area (Å²) in [5, 5.41) is 11.8. The zero-order valence-electron chi connectivity index (χ0n) is 17.7. The number of carboxylic acid groups (broad SMARTS) is 1. The van der Waals surface area contributed by atoms with E-state index in [2.05, 4.69) is 5.32 Å². The number of methoxy groups -OCH3 is 1. The number of nitrogens with one attached hydrogen (secondary N) is 1. The average Bonchev–Trinajstić information content (AvgIpc) is 3.13. The maximum atomic E-state index is 13.7. The second kappa shape index (κ2) is 9.28. The zero-order chi connectivity index (χ0) is 23.5. The van der Waals surface area contributed by atoms with Gasteiger partial charge >= 0.3 is 12.1 Å². The number of carbonyl (C=O) groups is 2. The molecule has 1 aliphatic carbocycles. The van der Waals surface area contributed by atoms with Crippen LogP contribution in [0.15, 0.2) is 60.7 Å². The molecule has 6 nitrogen and oxygen atoms in total. The predicted octanol–water partition coefficient (Wildman–Crippen LogP) is 4.51. The normalized spacial score (nSPS) is 13.1. The average molecular weight is 453 g/mol. The van der Waals surface area contributed by atoms with E-state index in [1.54, 1.807) is 0 Å². The van der Waals surface area contributed by atoms with Gasteiger partial charge in [0.15, 0.2) is 11.6 Å². The highest BCUT2D eigenvalue weighted by Crippen LogP contribution is 2.44. The molecule has 0 radical (unpaired) electrons. The Bertz CT molecular complexity index is 1170. The molecule has 33 heavy (non-hydrogen) atoms. The number of halogens is 2. The number of fused-ring (bicyclic) bond motifs is 3. The summed E-state index contributed by atoms with van der Waals surface area (Å²) in [6.45, 7) is 0.0146. The van der Waals surface area contributed by atoms with Crippen LogP contribution >= 0.6 is 0 Å². The highest BCUT2D eigenvalue weighted by molar-refractivity contribution is 5.81. The third-order valence-corrected chi connectivity index (χ3v) is 5.68. The molecule has 1 aliphatic rings. The number of hydrogen-bond donors (Lipinski definition) is 2. The highest BCUT2D eigenvalue weighted by Gasteiger charge is 2.30. The first-order valence-electron chi connectivity index (χ1n) is 10.2. The van der Waals surface area contributed by atoms with Crippen molar-refractivity contribution in [3.05, 3.63) is 89.0 Å². The van der Waals surface area contributed by atoms with E-state index in [4.69, 9.17) is 9.47 Å². The monoisotopic (exact) mass is 453 g/mol. The van der Waals surface area contributed by atoms with Crippen molar-refractivity contribution >= 4 is 12.1 Å². The van der Waals surface area contributed by atoms with Crippen molar-refractivity contribution in [3.63, 3.8) is 0 Å². The van der Waals surface area contributed by atoms with Gasteiger partial charge in [0.2, 0.25) is 0 Å². The quantitative estimate of drug-likeness (QED) is 0.550. The Kier molecular flexibility index (Phi) is 6.26. The number of aliphatic carboxylic acids is 1. The van der Waals surface area contributed by atoms with Gasteiger partial charge in [-0.05, 0) is 33.9 Å². The van der Waals surface area contributed by atoms with Crippen LogP contribution in [0, 0.1) is 11.6 Å². The highest BCUT2D eigenvalue weighted by atomic mass is 19.2. The second-order valence-electron chi connectivity index (χ2n) is 7.64. The number of hydrogen-bond acceptors (Lipinski definition) is 4. The van der Waals surface area contributed by atoms with Crippen LogP contribution in [0.1, 0.15) is 22.6 Å². The first-order valence-corrected chi connectivity index (χ1v) is 10.2. The van der Waals surface area contributed by atoms with Crippen LogP contribution in [0.3, 0.4) is 0 Å². The van der Waals surface area contributed by atoms with E-state index in [9.17, 15) is 23.5 Å². The van der Waals surface area contributed by atoms with Crippen LogP contribution in [0.25, 0.3) is 11.1 Å². The molecule has 1 unspecified atom stereocenters. The van der Waals surface area contributed by atoms with Gasteiger partial charge in [-0.3, -0.25) is 0 Å². The molecular weight excluding hydrogens is 432 g/mol. The van der Waals surface area contributed by atoms with E-state index in [1.807, 2.05) is 48.5 Å². The fourth-order valence-electron chi connectivity index (χ4n) is 4.12. The molecule has 3 aromatic rings. The molecular formula is C25H21F2NO5. The zero-order valence-corrected chi connectivity index (χ0v) is 17.7. The lowest BCUT2D eigenvalue weighted by Gasteiger charge is -2.18. The van der Waals surface area contributed by atoms with Crippen molar-refractivity contribution in [2.75, 3.05) is 13.7 Å². The van der Waals surface area contributed by atoms with Gasteiger partial charge in [0.25, 0.3) is 0 Å². The van der Waals surface area contributed by atoms with Crippen LogP contribution in [-0.2, 0) is 16.0 Å². The van der Waals surface area contributed by atoms with Crippen LogP contribution in [0.5, 0.6) is 5.75 Å². The van der Waals surface area contributed by atoms with Crippen LogP contribution < -0.4 is 10.1 Å². The van der Waals surface area contributed by atoms with Gasteiger partial charge in [-0.1, -0.05) is 48.5 Å². The largest absolute Gasteiger partial charge is 0.496 e. The molecule has 1 atom stereocenters. The van der Waals surface area contributed by atoms with Crippen LogP contribution in [0.4, 0.5) is 13.6 Å². The van der Waals surface area contributed by atoms with Crippen molar-refractivity contribution < 1.29 is 33.0 Å². The number of amides is 1. The molecule has 1 amide bonds. The molecule has 4 rings (SSSR count). The Morgan fingerprint density at radius 1 is 1.00 bits per heavy atom. The maximum absolute atomic E-state index is 13.7. The molecule has 0 aromatic heterocycles.